The Morgan fingerprint density at radius 3 is 2.42 bits per heavy atom. The van der Waals surface area contributed by atoms with E-state index in [4.69, 9.17) is 37.4 Å². The molecule has 2 rings (SSSR count). The second-order valence-corrected chi connectivity index (χ2v) is 5.99. The Kier molecular flexibility index (Phi) is 7.12. The number of aryl methyl sites for hydroxylation is 1. The number of methoxy groups -OCH3 is 1. The van der Waals surface area contributed by atoms with Crippen LogP contribution in [0.1, 0.15) is 5.56 Å². The lowest BCUT2D eigenvalue weighted by atomic mass is 10.2. The zero-order valence-electron chi connectivity index (χ0n) is 14.2. The minimum absolute atomic E-state index is 0.277. The molecule has 0 spiro atoms. The molecule has 26 heavy (non-hydrogen) atoms. The van der Waals surface area contributed by atoms with Crippen molar-refractivity contribution in [2.75, 3.05) is 25.6 Å². The van der Waals surface area contributed by atoms with Crippen molar-refractivity contribution in [1.82, 2.24) is 0 Å². The van der Waals surface area contributed by atoms with Crippen LogP contribution >= 0.6 is 23.2 Å². The van der Waals surface area contributed by atoms with Crippen LogP contribution in [0.4, 0.5) is 5.69 Å². The van der Waals surface area contributed by atoms with Crippen LogP contribution in [0.2, 0.25) is 10.0 Å². The fraction of sp³-hybridized carbons (Fsp3) is 0.222. The highest BCUT2D eigenvalue weighted by atomic mass is 35.5. The third-order valence-corrected chi connectivity index (χ3v) is 4.13. The number of esters is 1. The summed E-state index contributed by atoms with van der Waals surface area (Å²) in [4.78, 5) is 23.7. The fourth-order valence-corrected chi connectivity index (χ4v) is 2.47. The van der Waals surface area contributed by atoms with Crippen LogP contribution in [-0.4, -0.2) is 32.2 Å². The van der Waals surface area contributed by atoms with Crippen molar-refractivity contribution in [3.05, 3.63) is 52.0 Å². The largest absolute Gasteiger partial charge is 0.493 e. The van der Waals surface area contributed by atoms with Crippen LogP contribution in [0.25, 0.3) is 0 Å². The van der Waals surface area contributed by atoms with E-state index in [1.165, 1.54) is 7.11 Å². The molecule has 0 saturated carbocycles. The molecule has 0 atom stereocenters. The molecule has 0 heterocycles. The van der Waals surface area contributed by atoms with Crippen LogP contribution in [0.15, 0.2) is 36.4 Å². The Balaban J connectivity index is 1.84. The Morgan fingerprint density at radius 1 is 1.04 bits per heavy atom. The summed E-state index contributed by atoms with van der Waals surface area (Å²) in [5.41, 5.74) is 1.04. The fourth-order valence-electron chi connectivity index (χ4n) is 2.01. The molecule has 0 aliphatic heterocycles. The number of halogens is 2. The van der Waals surface area contributed by atoms with Gasteiger partial charge in [0.05, 0.1) is 22.8 Å². The van der Waals surface area contributed by atoms with E-state index in [0.29, 0.717) is 21.5 Å². The van der Waals surface area contributed by atoms with Crippen LogP contribution < -0.4 is 14.8 Å². The number of hydrogen-bond donors (Lipinski definition) is 1. The molecule has 8 heteroatoms. The van der Waals surface area contributed by atoms with E-state index in [1.54, 1.807) is 43.3 Å². The monoisotopic (exact) mass is 397 g/mol. The first-order valence-corrected chi connectivity index (χ1v) is 8.34. The summed E-state index contributed by atoms with van der Waals surface area (Å²) in [6, 6.07) is 10.2. The molecule has 1 amide bonds. The van der Waals surface area contributed by atoms with Crippen molar-refractivity contribution >= 4 is 40.8 Å². The molecule has 0 radical (unpaired) electrons. The molecule has 0 saturated heterocycles. The lowest BCUT2D eigenvalue weighted by molar-refractivity contribution is -0.149. The number of amides is 1. The van der Waals surface area contributed by atoms with Crippen LogP contribution in [0, 0.1) is 6.92 Å². The van der Waals surface area contributed by atoms with Crippen molar-refractivity contribution in [3.63, 3.8) is 0 Å². The standard InChI is InChI=1S/C18H17Cl2NO5/c1-11-7-8-12(19)18(17(11)20)21-15(22)9-26-16(23)10-25-14-6-4-3-5-13(14)24-2/h3-8H,9-10H2,1-2H3,(H,21,22). The molecule has 0 fully saturated rings. The third-order valence-electron chi connectivity index (χ3n) is 3.33. The molecular formula is C18H17Cl2NO5. The van der Waals surface area contributed by atoms with E-state index in [9.17, 15) is 9.59 Å². The van der Waals surface area contributed by atoms with Gasteiger partial charge in [0.15, 0.2) is 24.7 Å². The number of rotatable bonds is 7. The second kappa shape index (κ2) is 9.31. The van der Waals surface area contributed by atoms with Gasteiger partial charge in [0, 0.05) is 0 Å². The minimum atomic E-state index is -0.701. The number of ether oxygens (including phenoxy) is 3. The zero-order valence-corrected chi connectivity index (χ0v) is 15.7. The van der Waals surface area contributed by atoms with Crippen molar-refractivity contribution in [2.45, 2.75) is 6.92 Å². The normalized spacial score (nSPS) is 10.2. The molecule has 2 aromatic rings. The lowest BCUT2D eigenvalue weighted by Crippen LogP contribution is -2.24. The highest BCUT2D eigenvalue weighted by Gasteiger charge is 2.14. The number of carbonyl (C=O) groups is 2. The summed E-state index contributed by atoms with van der Waals surface area (Å²) >= 11 is 12.1. The number of nitrogens with one attached hydrogen (secondary N) is 1. The number of anilines is 1. The molecule has 0 bridgehead atoms. The summed E-state index contributed by atoms with van der Waals surface area (Å²) in [6.07, 6.45) is 0. The van der Waals surface area contributed by atoms with Gasteiger partial charge in [0.25, 0.3) is 5.91 Å². The Morgan fingerprint density at radius 2 is 1.73 bits per heavy atom. The van der Waals surface area contributed by atoms with E-state index in [1.807, 2.05) is 0 Å². The smallest absolute Gasteiger partial charge is 0.344 e. The predicted molar refractivity (Wildman–Crippen MR) is 99.3 cm³/mol. The topological polar surface area (TPSA) is 73.9 Å². The second-order valence-electron chi connectivity index (χ2n) is 5.20. The highest BCUT2D eigenvalue weighted by molar-refractivity contribution is 6.40. The summed E-state index contributed by atoms with van der Waals surface area (Å²) in [7, 11) is 1.49. The van der Waals surface area contributed by atoms with Gasteiger partial charge in [-0.05, 0) is 30.7 Å². The summed E-state index contributed by atoms with van der Waals surface area (Å²) in [5.74, 6) is -0.381. The molecule has 0 aromatic heterocycles. The molecule has 0 aliphatic rings. The summed E-state index contributed by atoms with van der Waals surface area (Å²) in [6.45, 7) is 0.928. The first-order valence-electron chi connectivity index (χ1n) is 7.58. The number of para-hydroxylation sites is 2. The van der Waals surface area contributed by atoms with Crippen LogP contribution in [0.3, 0.4) is 0 Å². The van der Waals surface area contributed by atoms with E-state index in [2.05, 4.69) is 5.32 Å². The molecule has 1 N–H and O–H groups in total. The maximum atomic E-state index is 11.9. The van der Waals surface area contributed by atoms with Crippen LogP contribution in [0.5, 0.6) is 11.5 Å². The van der Waals surface area contributed by atoms with Gasteiger partial charge in [-0.3, -0.25) is 4.79 Å². The lowest BCUT2D eigenvalue weighted by Gasteiger charge is -2.12. The maximum Gasteiger partial charge on any atom is 0.344 e. The van der Waals surface area contributed by atoms with Crippen molar-refractivity contribution in [1.29, 1.82) is 0 Å². The van der Waals surface area contributed by atoms with Gasteiger partial charge in [-0.15, -0.1) is 0 Å². The highest BCUT2D eigenvalue weighted by Crippen LogP contribution is 2.32. The van der Waals surface area contributed by atoms with Crippen molar-refractivity contribution in [3.8, 4) is 11.5 Å². The molecule has 6 nitrogen and oxygen atoms in total. The average molecular weight is 398 g/mol. The van der Waals surface area contributed by atoms with Gasteiger partial charge in [0.2, 0.25) is 0 Å². The molecular weight excluding hydrogens is 381 g/mol. The Hall–Kier alpha value is -2.44. The SMILES string of the molecule is COc1ccccc1OCC(=O)OCC(=O)Nc1c(Cl)ccc(C)c1Cl. The van der Waals surface area contributed by atoms with E-state index in [0.717, 1.165) is 5.56 Å². The molecule has 0 unspecified atom stereocenters. The van der Waals surface area contributed by atoms with Gasteiger partial charge in [0.1, 0.15) is 0 Å². The van der Waals surface area contributed by atoms with Crippen molar-refractivity contribution in [2.24, 2.45) is 0 Å². The Labute approximate surface area is 160 Å². The first kappa shape index (κ1) is 19.9. The first-order chi connectivity index (χ1) is 12.4. The van der Waals surface area contributed by atoms with Gasteiger partial charge < -0.3 is 19.5 Å². The maximum absolute atomic E-state index is 11.9. The van der Waals surface area contributed by atoms with Crippen molar-refractivity contribution < 1.29 is 23.8 Å². The molecule has 138 valence electrons. The zero-order chi connectivity index (χ0) is 19.1. The van der Waals surface area contributed by atoms with E-state index in [-0.39, 0.29) is 12.3 Å². The van der Waals surface area contributed by atoms with Gasteiger partial charge in [-0.2, -0.15) is 0 Å². The van der Waals surface area contributed by atoms with E-state index < -0.39 is 18.5 Å². The average Bonchev–Trinajstić information content (AvgIpc) is 2.65. The van der Waals surface area contributed by atoms with Gasteiger partial charge >= 0.3 is 5.97 Å². The van der Waals surface area contributed by atoms with Gasteiger partial charge in [-0.1, -0.05) is 41.4 Å². The number of hydrogen-bond acceptors (Lipinski definition) is 5. The number of carbonyl (C=O) groups excluding carboxylic acids is 2. The predicted octanol–water partition coefficient (Wildman–Crippen LogP) is 3.87. The minimum Gasteiger partial charge on any atom is -0.493 e. The third kappa shape index (κ3) is 5.28. The number of benzene rings is 2. The van der Waals surface area contributed by atoms with E-state index >= 15 is 0 Å². The van der Waals surface area contributed by atoms with Gasteiger partial charge in [-0.25, -0.2) is 4.79 Å². The van der Waals surface area contributed by atoms with Crippen LogP contribution in [-0.2, 0) is 14.3 Å². The summed E-state index contributed by atoms with van der Waals surface area (Å²) < 4.78 is 15.3. The molecule has 0 aliphatic carbocycles. The Bertz CT molecular complexity index is 810. The molecule has 2 aromatic carbocycles. The summed E-state index contributed by atoms with van der Waals surface area (Å²) in [5, 5.41) is 3.15. The quantitative estimate of drug-likeness (QED) is 0.717.